The molecule has 0 radical (unpaired) electrons. The van der Waals surface area contributed by atoms with Crippen LogP contribution in [-0.2, 0) is 0 Å². The van der Waals surface area contributed by atoms with Gasteiger partial charge in [0.1, 0.15) is 4.60 Å². The van der Waals surface area contributed by atoms with Gasteiger partial charge in [0.05, 0.1) is 5.56 Å². The Bertz CT molecular complexity index is 374. The highest BCUT2D eigenvalue weighted by Crippen LogP contribution is 2.22. The summed E-state index contributed by atoms with van der Waals surface area (Å²) in [5, 5.41) is 0. The summed E-state index contributed by atoms with van der Waals surface area (Å²) < 4.78 is 0.528. The van der Waals surface area contributed by atoms with Crippen LogP contribution in [-0.4, -0.2) is 10.9 Å². The van der Waals surface area contributed by atoms with Crippen LogP contribution in [0.2, 0.25) is 0 Å². The fraction of sp³-hybridized carbons (Fsp3) is 0.333. The highest BCUT2D eigenvalue weighted by atomic mass is 79.9. The average Bonchev–Trinajstić information content (AvgIpc) is 1.99. The van der Waals surface area contributed by atoms with Gasteiger partial charge in [-0.15, -0.1) is 0 Å². The van der Waals surface area contributed by atoms with E-state index >= 15 is 0 Å². The second-order valence-corrected chi connectivity index (χ2v) is 3.73. The fourth-order valence-corrected chi connectivity index (χ4v) is 1.95. The Morgan fingerprint density at radius 2 is 1.85 bits per heavy atom. The summed E-state index contributed by atoms with van der Waals surface area (Å²) in [4.78, 5) is 15.2. The molecular weight excluding hydrogens is 232 g/mol. The first kappa shape index (κ1) is 10.2. The van der Waals surface area contributed by atoms with Gasteiger partial charge in [-0.3, -0.25) is 4.79 Å². The molecule has 0 fully saturated rings. The van der Waals surface area contributed by atoms with Crippen LogP contribution in [0.25, 0.3) is 0 Å². The number of hydrogen-bond donors (Lipinski definition) is 1. The van der Waals surface area contributed by atoms with Crippen molar-refractivity contribution in [2.75, 3.05) is 0 Å². The second-order valence-electron chi connectivity index (χ2n) is 2.98. The zero-order valence-electron chi connectivity index (χ0n) is 7.81. The number of primary amides is 1. The van der Waals surface area contributed by atoms with Crippen molar-refractivity contribution in [1.82, 2.24) is 4.98 Å². The second kappa shape index (κ2) is 3.46. The lowest BCUT2D eigenvalue weighted by Crippen LogP contribution is -2.15. The van der Waals surface area contributed by atoms with E-state index in [0.29, 0.717) is 10.2 Å². The third kappa shape index (κ3) is 1.72. The maximum absolute atomic E-state index is 11.1. The number of aromatic nitrogens is 1. The maximum Gasteiger partial charge on any atom is 0.251 e. The molecule has 1 aromatic heterocycles. The van der Waals surface area contributed by atoms with Gasteiger partial charge in [-0.25, -0.2) is 4.98 Å². The van der Waals surface area contributed by atoms with Gasteiger partial charge in [-0.05, 0) is 47.8 Å². The van der Waals surface area contributed by atoms with Gasteiger partial charge in [0, 0.05) is 5.69 Å². The van der Waals surface area contributed by atoms with E-state index in [1.54, 1.807) is 0 Å². The Labute approximate surface area is 85.5 Å². The van der Waals surface area contributed by atoms with E-state index in [9.17, 15) is 4.79 Å². The quantitative estimate of drug-likeness (QED) is 0.765. The molecule has 3 nitrogen and oxygen atoms in total. The molecule has 0 aliphatic heterocycles. The lowest BCUT2D eigenvalue weighted by Gasteiger charge is -2.09. The predicted octanol–water partition coefficient (Wildman–Crippen LogP) is 1.87. The minimum atomic E-state index is -0.444. The van der Waals surface area contributed by atoms with Crippen LogP contribution in [0, 0.1) is 20.8 Å². The topological polar surface area (TPSA) is 56.0 Å². The Morgan fingerprint density at radius 3 is 2.31 bits per heavy atom. The van der Waals surface area contributed by atoms with Gasteiger partial charge < -0.3 is 5.73 Å². The molecule has 1 rings (SSSR count). The minimum absolute atomic E-state index is 0.444. The van der Waals surface area contributed by atoms with E-state index in [-0.39, 0.29) is 0 Å². The van der Waals surface area contributed by atoms with E-state index in [2.05, 4.69) is 20.9 Å². The first-order valence-electron chi connectivity index (χ1n) is 3.88. The normalized spacial score (nSPS) is 10.2. The van der Waals surface area contributed by atoms with Crippen molar-refractivity contribution in [3.05, 3.63) is 27.0 Å². The Balaban J connectivity index is 3.53. The average molecular weight is 243 g/mol. The lowest BCUT2D eigenvalue weighted by atomic mass is 10.0. The van der Waals surface area contributed by atoms with Gasteiger partial charge in [0.15, 0.2) is 0 Å². The molecule has 0 saturated carbocycles. The van der Waals surface area contributed by atoms with Crippen LogP contribution >= 0.6 is 15.9 Å². The van der Waals surface area contributed by atoms with Crippen molar-refractivity contribution in [2.24, 2.45) is 5.73 Å². The number of halogens is 1. The van der Waals surface area contributed by atoms with Crippen LogP contribution in [0.4, 0.5) is 0 Å². The molecule has 2 N–H and O–H groups in total. The summed E-state index contributed by atoms with van der Waals surface area (Å²) in [7, 11) is 0. The zero-order valence-corrected chi connectivity index (χ0v) is 9.40. The molecule has 0 aliphatic carbocycles. The SMILES string of the molecule is Cc1nc(Br)c(C(N)=O)c(C)c1C. The third-order valence-corrected chi connectivity index (χ3v) is 2.77. The number of pyridine rings is 1. The molecule has 1 heterocycles. The van der Waals surface area contributed by atoms with E-state index in [4.69, 9.17) is 5.73 Å². The zero-order chi connectivity index (χ0) is 10.2. The van der Waals surface area contributed by atoms with Crippen LogP contribution in [0.3, 0.4) is 0 Å². The molecule has 0 aliphatic rings. The molecule has 1 aromatic rings. The summed E-state index contributed by atoms with van der Waals surface area (Å²) in [6, 6.07) is 0. The van der Waals surface area contributed by atoms with Crippen molar-refractivity contribution in [1.29, 1.82) is 0 Å². The summed E-state index contributed by atoms with van der Waals surface area (Å²) in [6.07, 6.45) is 0. The highest BCUT2D eigenvalue weighted by molar-refractivity contribution is 9.10. The number of hydrogen-bond acceptors (Lipinski definition) is 2. The number of aryl methyl sites for hydroxylation is 1. The van der Waals surface area contributed by atoms with E-state index in [1.807, 2.05) is 20.8 Å². The molecule has 0 spiro atoms. The van der Waals surface area contributed by atoms with Crippen molar-refractivity contribution in [2.45, 2.75) is 20.8 Å². The molecule has 4 heteroatoms. The van der Waals surface area contributed by atoms with Crippen LogP contribution in [0.15, 0.2) is 4.60 Å². The first-order valence-corrected chi connectivity index (χ1v) is 4.67. The van der Waals surface area contributed by atoms with Gasteiger partial charge in [-0.2, -0.15) is 0 Å². The Morgan fingerprint density at radius 1 is 1.31 bits per heavy atom. The maximum atomic E-state index is 11.1. The van der Waals surface area contributed by atoms with E-state index in [0.717, 1.165) is 16.8 Å². The highest BCUT2D eigenvalue weighted by Gasteiger charge is 2.14. The largest absolute Gasteiger partial charge is 0.366 e. The number of nitrogens with two attached hydrogens (primary N) is 1. The lowest BCUT2D eigenvalue weighted by molar-refractivity contribution is 0.0998. The molecule has 0 bridgehead atoms. The third-order valence-electron chi connectivity index (χ3n) is 2.20. The first-order chi connectivity index (χ1) is 5.95. The summed E-state index contributed by atoms with van der Waals surface area (Å²) in [6.45, 7) is 5.70. The number of carbonyl (C=O) groups is 1. The number of amides is 1. The van der Waals surface area contributed by atoms with Crippen molar-refractivity contribution in [3.8, 4) is 0 Å². The number of carbonyl (C=O) groups excluding carboxylic acids is 1. The molecule has 70 valence electrons. The van der Waals surface area contributed by atoms with Crippen LogP contribution in [0.5, 0.6) is 0 Å². The van der Waals surface area contributed by atoms with Gasteiger partial charge in [0.25, 0.3) is 5.91 Å². The van der Waals surface area contributed by atoms with Crippen molar-refractivity contribution < 1.29 is 4.79 Å². The molecule has 13 heavy (non-hydrogen) atoms. The van der Waals surface area contributed by atoms with Crippen molar-refractivity contribution in [3.63, 3.8) is 0 Å². The Kier molecular flexibility index (Phi) is 2.71. The standard InChI is InChI=1S/C9H11BrN2O/c1-4-5(2)7(9(11)13)8(10)12-6(4)3/h1-3H3,(H2,11,13). The molecular formula is C9H11BrN2O. The van der Waals surface area contributed by atoms with Crippen LogP contribution < -0.4 is 5.73 Å². The smallest absolute Gasteiger partial charge is 0.251 e. The van der Waals surface area contributed by atoms with Crippen molar-refractivity contribution >= 4 is 21.8 Å². The van der Waals surface area contributed by atoms with Gasteiger partial charge >= 0.3 is 0 Å². The molecule has 0 atom stereocenters. The number of nitrogens with zero attached hydrogens (tertiary/aromatic N) is 1. The number of rotatable bonds is 1. The fourth-order valence-electron chi connectivity index (χ4n) is 1.19. The van der Waals surface area contributed by atoms with Gasteiger partial charge in [-0.1, -0.05) is 0 Å². The molecule has 1 amide bonds. The Hall–Kier alpha value is -0.900. The minimum Gasteiger partial charge on any atom is -0.366 e. The molecule has 0 aromatic carbocycles. The van der Waals surface area contributed by atoms with E-state index < -0.39 is 5.91 Å². The molecule has 0 unspecified atom stereocenters. The summed E-state index contributed by atoms with van der Waals surface area (Å²) in [5.74, 6) is -0.444. The summed E-state index contributed by atoms with van der Waals surface area (Å²) >= 11 is 3.22. The van der Waals surface area contributed by atoms with Gasteiger partial charge in [0.2, 0.25) is 0 Å². The predicted molar refractivity (Wildman–Crippen MR) is 54.7 cm³/mol. The molecule has 0 saturated heterocycles. The van der Waals surface area contributed by atoms with Crippen LogP contribution in [0.1, 0.15) is 27.2 Å². The summed E-state index contributed by atoms with van der Waals surface area (Å²) in [5.41, 5.74) is 8.52. The van der Waals surface area contributed by atoms with E-state index in [1.165, 1.54) is 0 Å². The monoisotopic (exact) mass is 242 g/mol.